The molecule has 1 fully saturated rings. The first-order valence-corrected chi connectivity index (χ1v) is 10.3. The number of rotatable bonds is 5. The molecule has 29 heavy (non-hydrogen) atoms. The van der Waals surface area contributed by atoms with Crippen LogP contribution in [0, 0.1) is 18.6 Å². The molecule has 1 aromatic heterocycles. The molecule has 0 radical (unpaired) electrons. The van der Waals surface area contributed by atoms with Gasteiger partial charge in [-0.1, -0.05) is 12.1 Å². The largest absolute Gasteiger partial charge is 0.341 e. The first-order chi connectivity index (χ1) is 14.1. The number of hydrogen-bond donors (Lipinski definition) is 1. The molecule has 2 heterocycles. The van der Waals surface area contributed by atoms with Crippen LogP contribution in [0.4, 0.5) is 14.7 Å². The average Bonchev–Trinajstić information content (AvgIpc) is 2.94. The third kappa shape index (κ3) is 4.88. The zero-order chi connectivity index (χ0) is 20.2. The number of anilines is 1. The lowest BCUT2D eigenvalue weighted by Gasteiger charge is -2.21. The van der Waals surface area contributed by atoms with E-state index in [1.54, 1.807) is 18.2 Å². The van der Waals surface area contributed by atoms with Crippen LogP contribution in [-0.2, 0) is 6.42 Å². The summed E-state index contributed by atoms with van der Waals surface area (Å²) in [5.41, 5.74) is 2.60. The minimum Gasteiger partial charge on any atom is -0.341 e. The molecule has 0 bridgehead atoms. The van der Waals surface area contributed by atoms with Gasteiger partial charge in [0.25, 0.3) is 0 Å². The lowest BCUT2D eigenvalue weighted by Crippen LogP contribution is -2.32. The second kappa shape index (κ2) is 8.82. The Morgan fingerprint density at radius 1 is 1.03 bits per heavy atom. The maximum atomic E-state index is 13.5. The Labute approximate surface area is 170 Å². The van der Waals surface area contributed by atoms with Crippen LogP contribution in [0.2, 0.25) is 0 Å². The van der Waals surface area contributed by atoms with Gasteiger partial charge in [-0.05, 0) is 75.0 Å². The van der Waals surface area contributed by atoms with Gasteiger partial charge in [0, 0.05) is 24.5 Å². The van der Waals surface area contributed by atoms with Gasteiger partial charge in [-0.25, -0.2) is 18.7 Å². The van der Waals surface area contributed by atoms with Gasteiger partial charge in [0.15, 0.2) is 0 Å². The van der Waals surface area contributed by atoms with E-state index in [2.05, 4.69) is 20.2 Å². The molecule has 0 unspecified atom stereocenters. The van der Waals surface area contributed by atoms with Gasteiger partial charge >= 0.3 is 0 Å². The molecule has 1 aliphatic heterocycles. The Kier molecular flexibility index (Phi) is 6.00. The molecule has 4 rings (SSSR count). The fourth-order valence-electron chi connectivity index (χ4n) is 3.99. The zero-order valence-electron chi connectivity index (χ0n) is 16.7. The summed E-state index contributed by atoms with van der Waals surface area (Å²) >= 11 is 0. The van der Waals surface area contributed by atoms with Crippen molar-refractivity contribution in [2.45, 2.75) is 38.6 Å². The van der Waals surface area contributed by atoms with E-state index in [0.717, 1.165) is 73.4 Å². The van der Waals surface area contributed by atoms with Gasteiger partial charge in [-0.3, -0.25) is 0 Å². The minimum atomic E-state index is -0.265. The lowest BCUT2D eigenvalue weighted by molar-refractivity contribution is 0.473. The highest BCUT2D eigenvalue weighted by atomic mass is 19.1. The second-order valence-corrected chi connectivity index (χ2v) is 7.72. The summed E-state index contributed by atoms with van der Waals surface area (Å²) in [6, 6.07) is 11.9. The number of nitrogens with zero attached hydrogens (tertiary/aromatic N) is 3. The normalized spacial score (nSPS) is 17.5. The Balaban J connectivity index is 1.36. The van der Waals surface area contributed by atoms with E-state index in [1.807, 2.05) is 13.0 Å². The highest BCUT2D eigenvalue weighted by Gasteiger charge is 2.19. The summed E-state index contributed by atoms with van der Waals surface area (Å²) in [7, 11) is 0. The molecular weight excluding hydrogens is 370 g/mol. The van der Waals surface area contributed by atoms with E-state index in [0.29, 0.717) is 6.04 Å². The monoisotopic (exact) mass is 396 g/mol. The zero-order valence-corrected chi connectivity index (χ0v) is 16.7. The summed E-state index contributed by atoms with van der Waals surface area (Å²) in [5.74, 6) is 0.280. The van der Waals surface area contributed by atoms with Crippen molar-refractivity contribution in [2.75, 3.05) is 24.5 Å². The first kappa shape index (κ1) is 19.7. The van der Waals surface area contributed by atoms with Gasteiger partial charge in [-0.2, -0.15) is 0 Å². The summed E-state index contributed by atoms with van der Waals surface area (Å²) < 4.78 is 26.8. The Bertz CT molecular complexity index is 992. The number of aryl methyl sites for hydroxylation is 1. The van der Waals surface area contributed by atoms with Gasteiger partial charge in [0.05, 0.1) is 11.2 Å². The molecule has 1 aliphatic rings. The molecule has 152 valence electrons. The van der Waals surface area contributed by atoms with E-state index >= 15 is 0 Å². The van der Waals surface area contributed by atoms with Crippen molar-refractivity contribution in [1.29, 1.82) is 0 Å². The van der Waals surface area contributed by atoms with E-state index < -0.39 is 0 Å². The van der Waals surface area contributed by atoms with Gasteiger partial charge in [-0.15, -0.1) is 0 Å². The quantitative estimate of drug-likeness (QED) is 0.694. The lowest BCUT2D eigenvalue weighted by atomic mass is 10.1. The van der Waals surface area contributed by atoms with Crippen LogP contribution in [0.1, 0.15) is 30.5 Å². The summed E-state index contributed by atoms with van der Waals surface area (Å²) in [6.07, 6.45) is 3.98. The molecule has 1 N–H and O–H groups in total. The van der Waals surface area contributed by atoms with Crippen LogP contribution < -0.4 is 10.2 Å². The van der Waals surface area contributed by atoms with Crippen LogP contribution in [0.15, 0.2) is 42.5 Å². The molecule has 1 saturated heterocycles. The second-order valence-electron chi connectivity index (χ2n) is 7.72. The Hall–Kier alpha value is -2.60. The standard InChI is InChI=1S/C23H26F2N4/c1-16-21-15-19(25)7-8-22(21)28-23(27-16)29-12-3-6-20(10-13-29)26-11-9-17-4-2-5-18(24)14-17/h2,4-5,7-8,14-15,20,26H,3,6,9-13H2,1H3/t20-/m1/s1. The molecule has 4 nitrogen and oxygen atoms in total. The van der Waals surface area contributed by atoms with Crippen molar-refractivity contribution in [1.82, 2.24) is 15.3 Å². The van der Waals surface area contributed by atoms with E-state index in [1.165, 1.54) is 18.2 Å². The van der Waals surface area contributed by atoms with Crippen molar-refractivity contribution in [2.24, 2.45) is 0 Å². The Morgan fingerprint density at radius 2 is 1.90 bits per heavy atom. The summed E-state index contributed by atoms with van der Waals surface area (Å²) in [6.45, 7) is 4.53. The van der Waals surface area contributed by atoms with Crippen molar-refractivity contribution in [3.8, 4) is 0 Å². The fourth-order valence-corrected chi connectivity index (χ4v) is 3.99. The molecule has 0 spiro atoms. The topological polar surface area (TPSA) is 41.1 Å². The predicted molar refractivity (Wildman–Crippen MR) is 112 cm³/mol. The predicted octanol–water partition coefficient (Wildman–Crippen LogP) is 4.41. The average molecular weight is 396 g/mol. The molecule has 0 aliphatic carbocycles. The number of hydrogen-bond acceptors (Lipinski definition) is 4. The van der Waals surface area contributed by atoms with Crippen molar-refractivity contribution in [3.05, 3.63) is 65.4 Å². The first-order valence-electron chi connectivity index (χ1n) is 10.3. The molecule has 0 saturated carbocycles. The highest BCUT2D eigenvalue weighted by Crippen LogP contribution is 2.22. The van der Waals surface area contributed by atoms with E-state index in [-0.39, 0.29) is 11.6 Å². The summed E-state index contributed by atoms with van der Waals surface area (Å²) in [5, 5.41) is 4.38. The molecule has 1 atom stereocenters. The number of nitrogens with one attached hydrogen (secondary N) is 1. The van der Waals surface area contributed by atoms with Gasteiger partial charge < -0.3 is 10.2 Å². The highest BCUT2D eigenvalue weighted by molar-refractivity contribution is 5.81. The number of fused-ring (bicyclic) bond motifs is 1. The van der Waals surface area contributed by atoms with Crippen LogP contribution in [0.25, 0.3) is 10.9 Å². The Morgan fingerprint density at radius 3 is 2.76 bits per heavy atom. The van der Waals surface area contributed by atoms with Crippen LogP contribution in [-0.4, -0.2) is 35.6 Å². The fraction of sp³-hybridized carbons (Fsp3) is 0.391. The number of benzene rings is 2. The van der Waals surface area contributed by atoms with Gasteiger partial charge in [0.1, 0.15) is 11.6 Å². The number of aromatic nitrogens is 2. The molecule has 6 heteroatoms. The maximum absolute atomic E-state index is 13.5. The molecule has 0 amide bonds. The van der Waals surface area contributed by atoms with Crippen molar-refractivity contribution < 1.29 is 8.78 Å². The molecule has 2 aromatic carbocycles. The van der Waals surface area contributed by atoms with Crippen LogP contribution in [0.3, 0.4) is 0 Å². The smallest absolute Gasteiger partial charge is 0.226 e. The van der Waals surface area contributed by atoms with Crippen molar-refractivity contribution in [3.63, 3.8) is 0 Å². The van der Waals surface area contributed by atoms with Crippen LogP contribution in [0.5, 0.6) is 0 Å². The molecule has 3 aromatic rings. The van der Waals surface area contributed by atoms with Gasteiger partial charge in [0.2, 0.25) is 5.95 Å². The minimum absolute atomic E-state index is 0.180. The van der Waals surface area contributed by atoms with E-state index in [4.69, 9.17) is 0 Å². The SMILES string of the molecule is Cc1nc(N2CCC[C@@H](NCCc3cccc(F)c3)CC2)nc2ccc(F)cc12. The van der Waals surface area contributed by atoms with Crippen LogP contribution >= 0.6 is 0 Å². The van der Waals surface area contributed by atoms with E-state index in [9.17, 15) is 8.78 Å². The van der Waals surface area contributed by atoms with Crippen molar-refractivity contribution >= 4 is 16.9 Å². The third-order valence-electron chi connectivity index (χ3n) is 5.58. The maximum Gasteiger partial charge on any atom is 0.226 e. The molecular formula is C23H26F2N4. The number of halogens is 2. The summed E-state index contributed by atoms with van der Waals surface area (Å²) in [4.78, 5) is 11.5. The third-order valence-corrected chi connectivity index (χ3v) is 5.58.